The van der Waals surface area contributed by atoms with E-state index in [9.17, 15) is 14.4 Å². The number of carbonyl (C=O) groups is 3. The number of carbonyl (C=O) groups excluding carboxylic acids is 3. The molecule has 9 nitrogen and oxygen atoms in total. The summed E-state index contributed by atoms with van der Waals surface area (Å²) >= 11 is 0. The van der Waals surface area contributed by atoms with Crippen LogP contribution >= 0.6 is 0 Å². The molecule has 1 unspecified atom stereocenters. The maximum atomic E-state index is 11.1. The fraction of sp³-hybridized carbons (Fsp3) is 0.472. The van der Waals surface area contributed by atoms with Crippen molar-refractivity contribution in [2.45, 2.75) is 65.3 Å². The molecule has 0 spiro atoms. The third-order valence-corrected chi connectivity index (χ3v) is 6.43. The standard InChI is InChI=1S/C19H28O3.C11H10O4.C6H15NO/c1-16(2)19(20)22-15-9-7-5-4-6-8-14-21-18-12-10-17(3)11-13-18;1-14-11-7-9(3-2-6-12)4-5-10(11)15-8-13;1-6(5-8-4)7(2)3/h10-13H,1,4-9,14-15H2,2-3H3;2-8H,1H3;6H,5H2,1-4H3/b;3-2+;. The summed E-state index contributed by atoms with van der Waals surface area (Å²) in [6.45, 7) is 11.8. The highest BCUT2D eigenvalue weighted by Gasteiger charge is 2.04. The van der Waals surface area contributed by atoms with Gasteiger partial charge in [-0.1, -0.05) is 62.1 Å². The molecule has 0 amide bonds. The zero-order valence-electron chi connectivity index (χ0n) is 28.2. The molecule has 2 rings (SSSR count). The number of rotatable bonds is 19. The largest absolute Gasteiger partial charge is 0.494 e. The first-order valence-electron chi connectivity index (χ1n) is 15.2. The van der Waals surface area contributed by atoms with E-state index in [0.29, 0.717) is 42.5 Å². The van der Waals surface area contributed by atoms with Crippen molar-refractivity contribution in [3.8, 4) is 17.2 Å². The molecule has 2 aromatic rings. The molecular weight excluding hydrogens is 574 g/mol. The predicted octanol–water partition coefficient (Wildman–Crippen LogP) is 6.86. The Morgan fingerprint density at radius 1 is 0.911 bits per heavy atom. The quantitative estimate of drug-likeness (QED) is 0.0716. The van der Waals surface area contributed by atoms with E-state index in [4.69, 9.17) is 18.9 Å². The Balaban J connectivity index is 0.000000724. The number of esters is 1. The number of likely N-dealkylation sites (N-methyl/N-ethyl adjacent to an activating group) is 1. The summed E-state index contributed by atoms with van der Waals surface area (Å²) in [7, 11) is 7.29. The van der Waals surface area contributed by atoms with Crippen LogP contribution in [0.15, 0.2) is 60.7 Å². The van der Waals surface area contributed by atoms with Gasteiger partial charge in [0, 0.05) is 18.7 Å². The maximum absolute atomic E-state index is 11.1. The van der Waals surface area contributed by atoms with E-state index in [1.54, 1.807) is 38.3 Å². The van der Waals surface area contributed by atoms with Gasteiger partial charge < -0.3 is 28.6 Å². The van der Waals surface area contributed by atoms with Crippen molar-refractivity contribution in [2.75, 3.05) is 48.1 Å². The molecule has 0 aromatic heterocycles. The highest BCUT2D eigenvalue weighted by atomic mass is 16.5. The molecule has 2 aromatic carbocycles. The zero-order chi connectivity index (χ0) is 33.9. The number of ether oxygens (including phenoxy) is 5. The average Bonchev–Trinajstić information content (AvgIpc) is 3.03. The van der Waals surface area contributed by atoms with Crippen LogP contribution in [0.2, 0.25) is 0 Å². The molecule has 0 aliphatic carbocycles. The summed E-state index contributed by atoms with van der Waals surface area (Å²) in [5.74, 6) is 1.45. The number of benzene rings is 2. The molecule has 0 fully saturated rings. The van der Waals surface area contributed by atoms with Crippen molar-refractivity contribution < 1.29 is 38.1 Å². The Bertz CT molecular complexity index is 1130. The van der Waals surface area contributed by atoms with Crippen molar-refractivity contribution >= 4 is 24.8 Å². The lowest BCUT2D eigenvalue weighted by Crippen LogP contribution is -2.28. The Morgan fingerprint density at radius 3 is 2.04 bits per heavy atom. The van der Waals surface area contributed by atoms with Crippen LogP contribution in [-0.4, -0.2) is 77.8 Å². The van der Waals surface area contributed by atoms with Crippen LogP contribution in [0.25, 0.3) is 6.08 Å². The van der Waals surface area contributed by atoms with Crippen LogP contribution in [0.4, 0.5) is 0 Å². The zero-order valence-corrected chi connectivity index (χ0v) is 28.2. The molecule has 250 valence electrons. The summed E-state index contributed by atoms with van der Waals surface area (Å²) in [6.07, 6.45) is 10.3. The number of methoxy groups -OCH3 is 2. The molecule has 0 aliphatic rings. The number of nitrogens with zero attached hydrogens (tertiary/aromatic N) is 1. The van der Waals surface area contributed by atoms with Gasteiger partial charge in [-0.25, -0.2) is 4.79 Å². The number of aldehydes is 1. The highest BCUT2D eigenvalue weighted by molar-refractivity contribution is 5.86. The van der Waals surface area contributed by atoms with E-state index in [2.05, 4.69) is 42.2 Å². The van der Waals surface area contributed by atoms with Gasteiger partial charge >= 0.3 is 5.97 Å². The third kappa shape index (κ3) is 21.4. The van der Waals surface area contributed by atoms with Gasteiger partial charge in [-0.3, -0.25) is 9.59 Å². The van der Waals surface area contributed by atoms with Crippen molar-refractivity contribution in [3.05, 3.63) is 71.8 Å². The third-order valence-electron chi connectivity index (χ3n) is 6.43. The number of hydrogen-bond acceptors (Lipinski definition) is 9. The van der Waals surface area contributed by atoms with Gasteiger partial charge in [0.2, 0.25) is 0 Å². The predicted molar refractivity (Wildman–Crippen MR) is 180 cm³/mol. The van der Waals surface area contributed by atoms with E-state index in [-0.39, 0.29) is 5.97 Å². The SMILES string of the molecule is C=C(C)C(=O)OCCCCCCCCOc1ccc(C)cc1.COCC(C)N(C)C.COc1cc(/C=C/C=O)ccc1OC=O. The second-order valence-electron chi connectivity index (χ2n) is 10.6. The fourth-order valence-corrected chi connectivity index (χ4v) is 3.50. The van der Waals surface area contributed by atoms with Crippen molar-refractivity contribution in [3.63, 3.8) is 0 Å². The minimum absolute atomic E-state index is 0.284. The van der Waals surface area contributed by atoms with E-state index in [0.717, 1.165) is 43.8 Å². The second-order valence-corrected chi connectivity index (χ2v) is 10.6. The van der Waals surface area contributed by atoms with Gasteiger partial charge in [-0.2, -0.15) is 0 Å². The van der Waals surface area contributed by atoms with Crippen LogP contribution in [0.3, 0.4) is 0 Å². The number of aryl methyl sites for hydroxylation is 1. The molecule has 0 aliphatic heterocycles. The minimum atomic E-state index is -0.284. The molecule has 0 heterocycles. The first kappa shape index (κ1) is 41.0. The van der Waals surface area contributed by atoms with Crippen molar-refractivity contribution in [1.29, 1.82) is 0 Å². The van der Waals surface area contributed by atoms with E-state index in [1.807, 2.05) is 26.2 Å². The summed E-state index contributed by atoms with van der Waals surface area (Å²) in [6, 6.07) is 13.7. The number of unbranched alkanes of at least 4 members (excludes halogenated alkanes) is 5. The molecule has 0 N–H and O–H groups in total. The summed E-state index contributed by atoms with van der Waals surface area (Å²) in [5, 5.41) is 0. The lowest BCUT2D eigenvalue weighted by atomic mass is 10.1. The maximum Gasteiger partial charge on any atom is 0.333 e. The lowest BCUT2D eigenvalue weighted by molar-refractivity contribution is -0.139. The first-order chi connectivity index (χ1) is 21.6. The molecular formula is C36H53NO8. The minimum Gasteiger partial charge on any atom is -0.494 e. The monoisotopic (exact) mass is 627 g/mol. The number of hydrogen-bond donors (Lipinski definition) is 0. The molecule has 45 heavy (non-hydrogen) atoms. The van der Waals surface area contributed by atoms with Crippen LogP contribution in [0, 0.1) is 6.92 Å². The molecule has 9 heteroatoms. The Labute approximate surface area is 270 Å². The fourth-order valence-electron chi connectivity index (χ4n) is 3.50. The molecule has 1 atom stereocenters. The number of allylic oxidation sites excluding steroid dienone is 1. The van der Waals surface area contributed by atoms with Crippen LogP contribution in [0.1, 0.15) is 63.5 Å². The Kier molecular flexibility index (Phi) is 24.1. The van der Waals surface area contributed by atoms with Gasteiger partial charge in [0.25, 0.3) is 6.47 Å². The average molecular weight is 628 g/mol. The van der Waals surface area contributed by atoms with E-state index >= 15 is 0 Å². The van der Waals surface area contributed by atoms with Gasteiger partial charge in [0.15, 0.2) is 11.5 Å². The molecule has 0 saturated heterocycles. The first-order valence-corrected chi connectivity index (χ1v) is 15.2. The molecule has 0 radical (unpaired) electrons. The molecule has 0 saturated carbocycles. The van der Waals surface area contributed by atoms with Crippen LogP contribution in [-0.2, 0) is 23.9 Å². The van der Waals surface area contributed by atoms with Gasteiger partial charge in [-0.05, 0) is 83.6 Å². The molecule has 0 bridgehead atoms. The highest BCUT2D eigenvalue weighted by Crippen LogP contribution is 2.28. The summed E-state index contributed by atoms with van der Waals surface area (Å²) in [4.78, 5) is 33.6. The van der Waals surface area contributed by atoms with Crippen molar-refractivity contribution in [1.82, 2.24) is 4.90 Å². The van der Waals surface area contributed by atoms with Gasteiger partial charge in [0.05, 0.1) is 26.9 Å². The van der Waals surface area contributed by atoms with Gasteiger partial charge in [-0.15, -0.1) is 0 Å². The topological polar surface area (TPSA) is 101 Å². The Hall–Kier alpha value is -3.95. The lowest BCUT2D eigenvalue weighted by Gasteiger charge is -2.17. The van der Waals surface area contributed by atoms with E-state index in [1.165, 1.54) is 38.0 Å². The smallest absolute Gasteiger partial charge is 0.333 e. The van der Waals surface area contributed by atoms with Gasteiger partial charge in [0.1, 0.15) is 12.0 Å². The summed E-state index contributed by atoms with van der Waals surface area (Å²) in [5.41, 5.74) is 2.51. The van der Waals surface area contributed by atoms with Crippen molar-refractivity contribution in [2.24, 2.45) is 0 Å². The van der Waals surface area contributed by atoms with Crippen LogP contribution in [0.5, 0.6) is 17.2 Å². The second kappa shape index (κ2) is 26.5. The Morgan fingerprint density at radius 2 is 1.53 bits per heavy atom. The van der Waals surface area contributed by atoms with Crippen LogP contribution < -0.4 is 14.2 Å². The van der Waals surface area contributed by atoms with E-state index < -0.39 is 0 Å². The normalized spacial score (nSPS) is 10.9. The summed E-state index contributed by atoms with van der Waals surface area (Å²) < 4.78 is 25.4.